The van der Waals surface area contributed by atoms with E-state index in [0.29, 0.717) is 51.9 Å². The second-order valence-corrected chi connectivity index (χ2v) is 8.51. The minimum absolute atomic E-state index is 0.268. The van der Waals surface area contributed by atoms with Gasteiger partial charge >= 0.3 is 6.09 Å². The summed E-state index contributed by atoms with van der Waals surface area (Å²) < 4.78 is 17.2. The zero-order chi connectivity index (χ0) is 26.3. The van der Waals surface area contributed by atoms with Crippen molar-refractivity contribution in [3.63, 3.8) is 0 Å². The van der Waals surface area contributed by atoms with Crippen molar-refractivity contribution in [2.75, 3.05) is 5.32 Å². The van der Waals surface area contributed by atoms with Crippen molar-refractivity contribution in [2.24, 2.45) is 0 Å². The number of aromatic nitrogens is 1. The van der Waals surface area contributed by atoms with Crippen LogP contribution in [0.3, 0.4) is 0 Å². The molecular formula is C30H20ClN3O4. The van der Waals surface area contributed by atoms with Crippen LogP contribution in [0, 0.1) is 6.57 Å². The van der Waals surface area contributed by atoms with Gasteiger partial charge in [-0.3, -0.25) is 10.3 Å². The fraction of sp³-hybridized carbons (Fsp3) is 0.0333. The van der Waals surface area contributed by atoms with E-state index in [0.717, 1.165) is 5.56 Å². The summed E-state index contributed by atoms with van der Waals surface area (Å²) in [5, 5.41) is 3.53. The number of anilines is 1. The first kappa shape index (κ1) is 24.6. The molecule has 0 aliphatic heterocycles. The van der Waals surface area contributed by atoms with Gasteiger partial charge in [0.15, 0.2) is 0 Å². The molecule has 1 aromatic heterocycles. The highest BCUT2D eigenvalue weighted by atomic mass is 35.5. The van der Waals surface area contributed by atoms with Crippen LogP contribution in [0.15, 0.2) is 103 Å². The lowest BCUT2D eigenvalue weighted by Gasteiger charge is -2.13. The van der Waals surface area contributed by atoms with Crippen LogP contribution in [0.25, 0.3) is 15.7 Å². The number of nitrogens with one attached hydrogen (secondary N) is 1. The van der Waals surface area contributed by atoms with Gasteiger partial charge in [0, 0.05) is 17.6 Å². The predicted molar refractivity (Wildman–Crippen MR) is 146 cm³/mol. The molecule has 1 N–H and O–H groups in total. The third kappa shape index (κ3) is 5.84. The predicted octanol–water partition coefficient (Wildman–Crippen LogP) is 8.42. The number of carbonyl (C=O) groups is 1. The van der Waals surface area contributed by atoms with Crippen molar-refractivity contribution >= 4 is 40.0 Å². The van der Waals surface area contributed by atoms with Crippen LogP contribution in [-0.4, -0.2) is 11.1 Å². The molecule has 1 heterocycles. The Morgan fingerprint density at radius 2 is 1.66 bits per heavy atom. The van der Waals surface area contributed by atoms with Gasteiger partial charge in [-0.05, 0) is 48.0 Å². The number of nitrogens with zero attached hydrogens (tertiary/aromatic N) is 2. The number of para-hydroxylation sites is 1. The number of amides is 1. The van der Waals surface area contributed by atoms with Crippen LogP contribution in [-0.2, 0) is 6.61 Å². The molecule has 7 nitrogen and oxygen atoms in total. The summed E-state index contributed by atoms with van der Waals surface area (Å²) in [6, 6.07) is 28.4. The van der Waals surface area contributed by atoms with E-state index in [4.69, 9.17) is 32.4 Å². The Morgan fingerprint density at radius 1 is 0.895 bits per heavy atom. The lowest BCUT2D eigenvalue weighted by atomic mass is 10.1. The summed E-state index contributed by atoms with van der Waals surface area (Å²) in [6.07, 6.45) is 0.955. The number of halogens is 1. The van der Waals surface area contributed by atoms with Crippen molar-refractivity contribution < 1.29 is 19.0 Å². The smallest absolute Gasteiger partial charge is 0.417 e. The standard InChI is InChI=1S/C30H20ClN3O4/c1-32-27-17-23-26(18-29(27)36-19-20-8-4-2-5-9-20)33-15-14-28(23)37-22-12-13-25(24(31)16-22)34-30(35)38-21-10-6-3-7-11-21/h2-18H,19H2,(H,34,35). The van der Waals surface area contributed by atoms with Gasteiger partial charge in [0.05, 0.1) is 22.8 Å². The average Bonchev–Trinajstić information content (AvgIpc) is 2.94. The first-order valence-corrected chi connectivity index (χ1v) is 11.9. The molecule has 5 rings (SSSR count). The van der Waals surface area contributed by atoms with E-state index >= 15 is 0 Å². The minimum atomic E-state index is -0.663. The largest absolute Gasteiger partial charge is 0.500 e. The van der Waals surface area contributed by atoms with E-state index < -0.39 is 6.09 Å². The van der Waals surface area contributed by atoms with E-state index in [-0.39, 0.29) is 5.02 Å². The molecule has 186 valence electrons. The van der Waals surface area contributed by atoms with Crippen molar-refractivity contribution in [1.82, 2.24) is 4.98 Å². The molecule has 0 fully saturated rings. The Labute approximate surface area is 224 Å². The van der Waals surface area contributed by atoms with Gasteiger partial charge in [0.25, 0.3) is 0 Å². The van der Waals surface area contributed by atoms with Crippen LogP contribution < -0.4 is 19.5 Å². The SMILES string of the molecule is [C-]#[N+]c1cc2c(Oc3ccc(NC(=O)Oc4ccccc4)c(Cl)c3)ccnc2cc1OCc1ccccc1. The van der Waals surface area contributed by atoms with E-state index in [9.17, 15) is 4.79 Å². The van der Waals surface area contributed by atoms with Gasteiger partial charge in [-0.15, -0.1) is 0 Å². The highest BCUT2D eigenvalue weighted by Crippen LogP contribution is 2.38. The second kappa shape index (κ2) is 11.3. The summed E-state index contributed by atoms with van der Waals surface area (Å²) in [7, 11) is 0. The zero-order valence-electron chi connectivity index (χ0n) is 19.9. The summed E-state index contributed by atoms with van der Waals surface area (Å²) >= 11 is 6.40. The van der Waals surface area contributed by atoms with Crippen molar-refractivity contribution in [2.45, 2.75) is 6.61 Å². The van der Waals surface area contributed by atoms with Crippen LogP contribution in [0.1, 0.15) is 5.56 Å². The summed E-state index contributed by atoms with van der Waals surface area (Å²) in [4.78, 5) is 20.3. The Balaban J connectivity index is 1.33. The molecule has 0 aliphatic rings. The monoisotopic (exact) mass is 521 g/mol. The molecule has 0 bridgehead atoms. The second-order valence-electron chi connectivity index (χ2n) is 8.10. The van der Waals surface area contributed by atoms with Gasteiger partial charge in [0.1, 0.15) is 29.6 Å². The fourth-order valence-corrected chi connectivity index (χ4v) is 3.90. The third-order valence-corrected chi connectivity index (χ3v) is 5.81. The lowest BCUT2D eigenvalue weighted by molar-refractivity contribution is 0.215. The number of hydrogen-bond acceptors (Lipinski definition) is 5. The Kier molecular flexibility index (Phi) is 7.34. The van der Waals surface area contributed by atoms with E-state index in [1.54, 1.807) is 66.9 Å². The van der Waals surface area contributed by atoms with Crippen LogP contribution in [0.2, 0.25) is 5.02 Å². The van der Waals surface area contributed by atoms with Gasteiger partial charge < -0.3 is 14.2 Å². The summed E-state index contributed by atoms with van der Waals surface area (Å²) in [6.45, 7) is 7.97. The topological polar surface area (TPSA) is 74.0 Å². The molecule has 0 radical (unpaired) electrons. The fourth-order valence-electron chi connectivity index (χ4n) is 3.68. The number of rotatable bonds is 7. The normalized spacial score (nSPS) is 10.4. The Morgan fingerprint density at radius 3 is 2.39 bits per heavy atom. The molecule has 0 saturated carbocycles. The third-order valence-electron chi connectivity index (χ3n) is 5.50. The number of benzene rings is 4. The number of carbonyl (C=O) groups excluding carboxylic acids is 1. The van der Waals surface area contributed by atoms with E-state index in [1.807, 2.05) is 36.4 Å². The highest BCUT2D eigenvalue weighted by molar-refractivity contribution is 6.33. The number of hydrogen-bond donors (Lipinski definition) is 1. The van der Waals surface area contributed by atoms with Crippen molar-refractivity contribution in [3.05, 3.63) is 125 Å². The number of fused-ring (bicyclic) bond motifs is 1. The lowest BCUT2D eigenvalue weighted by Crippen LogP contribution is -2.16. The Hall–Kier alpha value is -5.06. The Bertz CT molecular complexity index is 1640. The number of pyridine rings is 1. The first-order valence-electron chi connectivity index (χ1n) is 11.6. The molecule has 0 saturated heterocycles. The molecule has 1 amide bonds. The average molecular weight is 522 g/mol. The molecular weight excluding hydrogens is 502 g/mol. The molecule has 0 atom stereocenters. The van der Waals surface area contributed by atoms with Gasteiger partial charge in [0.2, 0.25) is 5.69 Å². The van der Waals surface area contributed by atoms with E-state index in [2.05, 4.69) is 15.1 Å². The maximum atomic E-state index is 12.2. The van der Waals surface area contributed by atoms with Crippen molar-refractivity contribution in [1.29, 1.82) is 0 Å². The first-order chi connectivity index (χ1) is 18.6. The van der Waals surface area contributed by atoms with Gasteiger partial charge in [-0.2, -0.15) is 0 Å². The molecule has 5 aromatic rings. The van der Waals surface area contributed by atoms with Crippen LogP contribution in [0.4, 0.5) is 16.2 Å². The van der Waals surface area contributed by atoms with Gasteiger partial charge in [-0.25, -0.2) is 9.64 Å². The highest BCUT2D eigenvalue weighted by Gasteiger charge is 2.14. The maximum absolute atomic E-state index is 12.2. The van der Waals surface area contributed by atoms with Crippen molar-refractivity contribution in [3.8, 4) is 23.0 Å². The molecule has 0 aliphatic carbocycles. The number of ether oxygens (including phenoxy) is 3. The molecule has 8 heteroatoms. The molecule has 0 spiro atoms. The van der Waals surface area contributed by atoms with E-state index in [1.165, 1.54) is 0 Å². The zero-order valence-corrected chi connectivity index (χ0v) is 20.7. The molecule has 0 unspecified atom stereocenters. The quantitative estimate of drug-likeness (QED) is 0.217. The van der Waals surface area contributed by atoms with Gasteiger partial charge in [-0.1, -0.05) is 60.1 Å². The summed E-state index contributed by atoms with van der Waals surface area (Å²) in [5.74, 6) is 1.80. The molecule has 38 heavy (non-hydrogen) atoms. The minimum Gasteiger partial charge on any atom is -0.500 e. The maximum Gasteiger partial charge on any atom is 0.417 e. The summed E-state index contributed by atoms with van der Waals surface area (Å²) in [5.41, 5.74) is 2.33. The van der Waals surface area contributed by atoms with Crippen LogP contribution in [0.5, 0.6) is 23.0 Å². The molecule has 4 aromatic carbocycles. The van der Waals surface area contributed by atoms with Crippen LogP contribution >= 0.6 is 11.6 Å².